The van der Waals surface area contributed by atoms with Gasteiger partial charge in [0.05, 0.1) is 24.2 Å². The minimum Gasteiger partial charge on any atom is -0.488 e. The summed E-state index contributed by atoms with van der Waals surface area (Å²) in [5.41, 5.74) is 0. The van der Waals surface area contributed by atoms with Gasteiger partial charge in [0.1, 0.15) is 17.7 Å². The second kappa shape index (κ2) is 7.29. The van der Waals surface area contributed by atoms with Gasteiger partial charge in [-0.05, 0) is 24.3 Å². The third kappa shape index (κ3) is 4.11. The van der Waals surface area contributed by atoms with Crippen LogP contribution >= 0.6 is 0 Å². The van der Waals surface area contributed by atoms with Gasteiger partial charge in [-0.1, -0.05) is 24.3 Å². The molecule has 1 saturated heterocycles. The Kier molecular flexibility index (Phi) is 5.13. The highest BCUT2D eigenvalue weighted by molar-refractivity contribution is 7.89. The summed E-state index contributed by atoms with van der Waals surface area (Å²) in [6, 6.07) is 13.4. The fourth-order valence-electron chi connectivity index (χ4n) is 2.55. The molecule has 1 fully saturated rings. The van der Waals surface area contributed by atoms with Crippen LogP contribution in [0.1, 0.15) is 6.42 Å². The van der Waals surface area contributed by atoms with Crippen molar-refractivity contribution in [1.29, 1.82) is 0 Å². The van der Waals surface area contributed by atoms with Gasteiger partial charge in [-0.15, -0.1) is 0 Å². The van der Waals surface area contributed by atoms with Crippen LogP contribution in [-0.4, -0.2) is 33.8 Å². The van der Waals surface area contributed by atoms with Crippen molar-refractivity contribution in [3.05, 3.63) is 60.4 Å². The summed E-state index contributed by atoms with van der Waals surface area (Å²) in [4.78, 5) is 0.181. The molecule has 0 radical (unpaired) electrons. The summed E-state index contributed by atoms with van der Waals surface area (Å²) in [5.74, 6) is -0.0354. The number of ether oxygens (including phenoxy) is 2. The average Bonchev–Trinajstić information content (AvgIpc) is 2.57. The maximum atomic E-state index is 13.3. The van der Waals surface area contributed by atoms with Crippen LogP contribution < -0.4 is 9.46 Å². The predicted molar refractivity (Wildman–Crippen MR) is 86.8 cm³/mol. The van der Waals surface area contributed by atoms with Gasteiger partial charge < -0.3 is 9.47 Å². The first-order valence-electron chi connectivity index (χ1n) is 7.62. The van der Waals surface area contributed by atoms with E-state index >= 15 is 0 Å². The van der Waals surface area contributed by atoms with Gasteiger partial charge in [0.2, 0.25) is 10.0 Å². The van der Waals surface area contributed by atoms with Crippen molar-refractivity contribution in [2.45, 2.75) is 23.5 Å². The van der Waals surface area contributed by atoms with Crippen LogP contribution in [0.3, 0.4) is 0 Å². The Balaban J connectivity index is 1.75. The number of rotatable bonds is 5. The lowest BCUT2D eigenvalue weighted by molar-refractivity contribution is 0.00312. The zero-order valence-electron chi connectivity index (χ0n) is 12.9. The summed E-state index contributed by atoms with van der Waals surface area (Å²) in [5, 5.41) is 0. The van der Waals surface area contributed by atoms with Crippen molar-refractivity contribution in [1.82, 2.24) is 4.72 Å². The van der Waals surface area contributed by atoms with E-state index in [9.17, 15) is 12.8 Å². The molecule has 7 heteroatoms. The Labute approximate surface area is 140 Å². The zero-order chi connectivity index (χ0) is 17.0. The number of hydrogen-bond donors (Lipinski definition) is 1. The van der Waals surface area contributed by atoms with Crippen molar-refractivity contribution in [2.75, 3.05) is 13.2 Å². The van der Waals surface area contributed by atoms with Crippen LogP contribution in [-0.2, 0) is 14.8 Å². The Morgan fingerprint density at radius 3 is 2.67 bits per heavy atom. The SMILES string of the molecule is O=S(=O)(N[C@@H]1COCC[C@@H]1Oc1cccc(F)c1)c1ccccc1. The molecular weight excluding hydrogens is 333 g/mol. The van der Waals surface area contributed by atoms with Crippen LogP contribution in [0.25, 0.3) is 0 Å². The first-order chi connectivity index (χ1) is 11.5. The summed E-state index contributed by atoms with van der Waals surface area (Å²) in [7, 11) is -3.68. The second-order valence-electron chi connectivity index (χ2n) is 5.52. The first kappa shape index (κ1) is 16.9. The molecule has 0 bridgehead atoms. The van der Waals surface area contributed by atoms with Gasteiger partial charge in [-0.3, -0.25) is 0 Å². The molecule has 1 N–H and O–H groups in total. The maximum absolute atomic E-state index is 13.3. The molecule has 5 nitrogen and oxygen atoms in total. The van der Waals surface area contributed by atoms with E-state index in [1.54, 1.807) is 30.3 Å². The third-order valence-electron chi connectivity index (χ3n) is 3.74. The van der Waals surface area contributed by atoms with Gasteiger partial charge in [-0.25, -0.2) is 17.5 Å². The van der Waals surface area contributed by atoms with Gasteiger partial charge in [-0.2, -0.15) is 0 Å². The molecule has 0 saturated carbocycles. The van der Waals surface area contributed by atoms with Gasteiger partial charge in [0, 0.05) is 12.5 Å². The predicted octanol–water partition coefficient (Wildman–Crippen LogP) is 2.34. The van der Waals surface area contributed by atoms with Crippen molar-refractivity contribution in [3.8, 4) is 5.75 Å². The molecule has 1 aliphatic rings. The second-order valence-corrected chi connectivity index (χ2v) is 7.23. The monoisotopic (exact) mass is 351 g/mol. The van der Waals surface area contributed by atoms with Crippen LogP contribution in [0.4, 0.5) is 4.39 Å². The number of halogens is 1. The molecule has 2 aromatic rings. The van der Waals surface area contributed by atoms with E-state index in [-0.39, 0.29) is 11.5 Å². The Morgan fingerprint density at radius 2 is 1.92 bits per heavy atom. The molecule has 2 atom stereocenters. The average molecular weight is 351 g/mol. The topological polar surface area (TPSA) is 64.6 Å². The van der Waals surface area contributed by atoms with Crippen LogP contribution in [0.5, 0.6) is 5.75 Å². The Hall–Kier alpha value is -1.96. The molecule has 0 amide bonds. The highest BCUT2D eigenvalue weighted by Gasteiger charge is 2.31. The molecule has 128 valence electrons. The maximum Gasteiger partial charge on any atom is 0.241 e. The minimum absolute atomic E-state index is 0.181. The van der Waals surface area contributed by atoms with Crippen molar-refractivity contribution in [3.63, 3.8) is 0 Å². The fourth-order valence-corrected chi connectivity index (χ4v) is 3.82. The Morgan fingerprint density at radius 1 is 1.12 bits per heavy atom. The number of sulfonamides is 1. The Bertz CT molecular complexity index is 782. The van der Waals surface area contributed by atoms with Crippen LogP contribution in [0, 0.1) is 5.82 Å². The lowest BCUT2D eigenvalue weighted by Gasteiger charge is -2.32. The third-order valence-corrected chi connectivity index (χ3v) is 5.24. The molecule has 0 aliphatic carbocycles. The molecule has 24 heavy (non-hydrogen) atoms. The smallest absolute Gasteiger partial charge is 0.241 e. The summed E-state index contributed by atoms with van der Waals surface area (Å²) in [6.07, 6.45) is 0.0809. The lowest BCUT2D eigenvalue weighted by Crippen LogP contribution is -2.51. The van der Waals surface area contributed by atoms with Gasteiger partial charge >= 0.3 is 0 Å². The molecule has 0 aromatic heterocycles. The van der Waals surface area contributed by atoms with E-state index in [0.29, 0.717) is 18.8 Å². The molecule has 1 heterocycles. The van der Waals surface area contributed by atoms with Gasteiger partial charge in [0.25, 0.3) is 0 Å². The van der Waals surface area contributed by atoms with E-state index in [4.69, 9.17) is 9.47 Å². The molecule has 0 spiro atoms. The van der Waals surface area contributed by atoms with Gasteiger partial charge in [0.15, 0.2) is 0 Å². The highest BCUT2D eigenvalue weighted by atomic mass is 32.2. The van der Waals surface area contributed by atoms with E-state index < -0.39 is 28.0 Å². The van der Waals surface area contributed by atoms with Crippen LogP contribution in [0.15, 0.2) is 59.5 Å². The summed E-state index contributed by atoms with van der Waals surface area (Å²) >= 11 is 0. The number of nitrogens with one attached hydrogen (secondary N) is 1. The molecule has 1 aliphatic heterocycles. The largest absolute Gasteiger partial charge is 0.488 e. The highest BCUT2D eigenvalue weighted by Crippen LogP contribution is 2.20. The van der Waals surface area contributed by atoms with Crippen molar-refractivity contribution < 1.29 is 22.3 Å². The quantitative estimate of drug-likeness (QED) is 0.898. The standard InChI is InChI=1S/C17H18FNO4S/c18-13-5-4-6-14(11-13)23-17-9-10-22-12-16(17)19-24(20,21)15-7-2-1-3-8-15/h1-8,11,16-17,19H,9-10,12H2/t16-,17+/m1/s1. The molecule has 3 rings (SSSR count). The molecular formula is C17H18FNO4S. The minimum atomic E-state index is -3.68. The molecule has 2 aromatic carbocycles. The summed E-state index contributed by atoms with van der Waals surface area (Å²) < 4.78 is 52.0. The van der Waals surface area contributed by atoms with Crippen LogP contribution in [0.2, 0.25) is 0 Å². The fraction of sp³-hybridized carbons (Fsp3) is 0.294. The lowest BCUT2D eigenvalue weighted by atomic mass is 10.1. The normalized spacial score (nSPS) is 21.4. The number of benzene rings is 2. The molecule has 0 unspecified atom stereocenters. The van der Waals surface area contributed by atoms with E-state index in [0.717, 1.165) is 0 Å². The van der Waals surface area contributed by atoms with E-state index in [1.165, 1.54) is 24.3 Å². The zero-order valence-corrected chi connectivity index (χ0v) is 13.7. The first-order valence-corrected chi connectivity index (χ1v) is 9.10. The van der Waals surface area contributed by atoms with Crippen molar-refractivity contribution in [2.24, 2.45) is 0 Å². The number of hydrogen-bond acceptors (Lipinski definition) is 4. The van der Waals surface area contributed by atoms with E-state index in [1.807, 2.05) is 0 Å². The van der Waals surface area contributed by atoms with E-state index in [2.05, 4.69) is 4.72 Å². The van der Waals surface area contributed by atoms with Crippen molar-refractivity contribution >= 4 is 10.0 Å². The summed E-state index contributed by atoms with van der Waals surface area (Å²) in [6.45, 7) is 0.662.